The van der Waals surface area contributed by atoms with E-state index in [1.807, 2.05) is 13.8 Å². The van der Waals surface area contributed by atoms with Crippen molar-refractivity contribution in [2.45, 2.75) is 26.9 Å². The van der Waals surface area contributed by atoms with Crippen molar-refractivity contribution in [1.82, 2.24) is 9.13 Å². The molecule has 0 atom stereocenters. The van der Waals surface area contributed by atoms with Crippen LogP contribution in [-0.2, 0) is 22.6 Å². The Morgan fingerprint density at radius 3 is 2.30 bits per heavy atom. The van der Waals surface area contributed by atoms with Crippen molar-refractivity contribution in [2.24, 2.45) is 5.92 Å². The first-order valence-electron chi connectivity index (χ1n) is 9.52. The van der Waals surface area contributed by atoms with Crippen LogP contribution in [-0.4, -0.2) is 28.1 Å². The average Bonchev–Trinajstić information content (AvgIpc) is 2.74. The Labute approximate surface area is 172 Å². The molecule has 3 rings (SSSR count). The first-order valence-corrected chi connectivity index (χ1v) is 9.52. The maximum absolute atomic E-state index is 13.0. The Kier molecular flexibility index (Phi) is 6.15. The van der Waals surface area contributed by atoms with Crippen LogP contribution in [0.4, 0.5) is 5.69 Å². The number of aromatic nitrogens is 2. The number of carbonyl (C=O) groups is 2. The van der Waals surface area contributed by atoms with Crippen LogP contribution in [0.5, 0.6) is 0 Å². The number of nitrogens with zero attached hydrogens (tertiary/aromatic N) is 2. The summed E-state index contributed by atoms with van der Waals surface area (Å²) in [5.41, 5.74) is 0.352. The van der Waals surface area contributed by atoms with E-state index < -0.39 is 17.6 Å². The molecule has 0 unspecified atom stereocenters. The topological polar surface area (TPSA) is 99.4 Å². The number of benzene rings is 2. The summed E-state index contributed by atoms with van der Waals surface area (Å²) in [6.07, 6.45) is 0. The molecule has 8 nitrogen and oxygen atoms in total. The molecule has 0 radical (unpaired) electrons. The molecule has 0 bridgehead atoms. The molecule has 156 valence electrons. The van der Waals surface area contributed by atoms with E-state index in [-0.39, 0.29) is 24.6 Å². The van der Waals surface area contributed by atoms with Gasteiger partial charge in [-0.3, -0.25) is 18.7 Å². The van der Waals surface area contributed by atoms with Crippen molar-refractivity contribution in [2.75, 3.05) is 12.4 Å². The Balaban J connectivity index is 1.93. The summed E-state index contributed by atoms with van der Waals surface area (Å²) in [5.74, 6) is -0.812. The monoisotopic (exact) mass is 409 g/mol. The molecule has 8 heteroatoms. The van der Waals surface area contributed by atoms with Gasteiger partial charge < -0.3 is 10.1 Å². The molecule has 1 amide bonds. The number of esters is 1. The highest BCUT2D eigenvalue weighted by Gasteiger charge is 2.16. The fourth-order valence-corrected chi connectivity index (χ4v) is 3.20. The van der Waals surface area contributed by atoms with Gasteiger partial charge in [0.2, 0.25) is 5.91 Å². The smallest absolute Gasteiger partial charge is 0.337 e. The Bertz CT molecular complexity index is 1210. The summed E-state index contributed by atoms with van der Waals surface area (Å²) in [7, 11) is 1.29. The first kappa shape index (κ1) is 21.0. The third-order valence-electron chi connectivity index (χ3n) is 4.57. The average molecular weight is 409 g/mol. The highest BCUT2D eigenvalue weighted by molar-refractivity contribution is 5.93. The van der Waals surface area contributed by atoms with Crippen LogP contribution in [0.3, 0.4) is 0 Å². The molecular formula is C22H23N3O5. The van der Waals surface area contributed by atoms with Gasteiger partial charge in [0.25, 0.3) is 5.56 Å². The van der Waals surface area contributed by atoms with Crippen LogP contribution in [0.25, 0.3) is 10.9 Å². The number of ether oxygens (including phenoxy) is 1. The van der Waals surface area contributed by atoms with Gasteiger partial charge in [-0.15, -0.1) is 0 Å². The number of fused-ring (bicyclic) bond motifs is 1. The van der Waals surface area contributed by atoms with Gasteiger partial charge >= 0.3 is 11.7 Å². The number of methoxy groups -OCH3 is 1. The van der Waals surface area contributed by atoms with E-state index in [1.165, 1.54) is 28.4 Å². The molecule has 3 aromatic rings. The number of carbonyl (C=O) groups excluding carboxylic acids is 2. The number of hydrogen-bond acceptors (Lipinski definition) is 5. The van der Waals surface area contributed by atoms with Crippen molar-refractivity contribution in [1.29, 1.82) is 0 Å². The molecule has 1 N–H and O–H groups in total. The number of rotatable bonds is 6. The number of para-hydroxylation sites is 1. The van der Waals surface area contributed by atoms with Crippen LogP contribution in [0, 0.1) is 5.92 Å². The zero-order valence-corrected chi connectivity index (χ0v) is 17.0. The Morgan fingerprint density at radius 1 is 1.00 bits per heavy atom. The van der Waals surface area contributed by atoms with Gasteiger partial charge in [0, 0.05) is 12.2 Å². The zero-order chi connectivity index (χ0) is 21.8. The first-order chi connectivity index (χ1) is 14.3. The van der Waals surface area contributed by atoms with Gasteiger partial charge in [0.1, 0.15) is 6.54 Å². The normalized spacial score (nSPS) is 10.9. The summed E-state index contributed by atoms with van der Waals surface area (Å²) in [6.45, 7) is 3.84. The van der Waals surface area contributed by atoms with Gasteiger partial charge in [-0.2, -0.15) is 0 Å². The number of hydrogen-bond donors (Lipinski definition) is 1. The summed E-state index contributed by atoms with van der Waals surface area (Å²) >= 11 is 0. The van der Waals surface area contributed by atoms with E-state index in [0.717, 1.165) is 0 Å². The minimum atomic E-state index is -0.524. The van der Waals surface area contributed by atoms with Gasteiger partial charge in [0.05, 0.1) is 23.6 Å². The highest BCUT2D eigenvalue weighted by Crippen LogP contribution is 2.12. The standard InChI is InChI=1S/C22H23N3O5/c1-14(2)12-25-20(27)17-6-4-5-7-18(17)24(22(25)29)13-19(26)23-16-10-8-15(9-11-16)21(28)30-3/h4-11,14H,12-13H2,1-3H3,(H,23,26). The lowest BCUT2D eigenvalue weighted by molar-refractivity contribution is -0.116. The SMILES string of the molecule is COC(=O)c1ccc(NC(=O)Cn2c(=O)n(CC(C)C)c(=O)c3ccccc32)cc1. The van der Waals surface area contributed by atoms with Crippen LogP contribution in [0.1, 0.15) is 24.2 Å². The van der Waals surface area contributed by atoms with Crippen molar-refractivity contribution in [3.8, 4) is 0 Å². The largest absolute Gasteiger partial charge is 0.465 e. The van der Waals surface area contributed by atoms with Crippen molar-refractivity contribution in [3.05, 3.63) is 74.9 Å². The summed E-state index contributed by atoms with van der Waals surface area (Å²) in [6, 6.07) is 13.0. The lowest BCUT2D eigenvalue weighted by Crippen LogP contribution is -2.42. The molecule has 30 heavy (non-hydrogen) atoms. The van der Waals surface area contributed by atoms with Gasteiger partial charge in [0.15, 0.2) is 0 Å². The van der Waals surface area contributed by atoms with E-state index in [1.54, 1.807) is 36.4 Å². The predicted molar refractivity (Wildman–Crippen MR) is 114 cm³/mol. The molecular weight excluding hydrogens is 386 g/mol. The van der Waals surface area contributed by atoms with Crippen LogP contribution >= 0.6 is 0 Å². The maximum atomic E-state index is 13.0. The van der Waals surface area contributed by atoms with E-state index >= 15 is 0 Å². The molecule has 2 aromatic carbocycles. The van der Waals surface area contributed by atoms with Crippen LogP contribution < -0.4 is 16.6 Å². The third kappa shape index (κ3) is 4.32. The number of nitrogens with one attached hydrogen (secondary N) is 1. The second-order valence-corrected chi connectivity index (χ2v) is 7.31. The second kappa shape index (κ2) is 8.77. The number of amides is 1. The van der Waals surface area contributed by atoms with Gasteiger partial charge in [-0.25, -0.2) is 9.59 Å². The quantitative estimate of drug-likeness (QED) is 0.630. The van der Waals surface area contributed by atoms with Gasteiger partial charge in [-0.1, -0.05) is 26.0 Å². The summed E-state index contributed by atoms with van der Waals surface area (Å²) in [4.78, 5) is 49.8. The zero-order valence-electron chi connectivity index (χ0n) is 17.0. The maximum Gasteiger partial charge on any atom is 0.337 e. The minimum absolute atomic E-state index is 0.0900. The van der Waals surface area contributed by atoms with Crippen LogP contribution in [0.2, 0.25) is 0 Å². The predicted octanol–water partition coefficient (Wildman–Crippen LogP) is 2.24. The summed E-state index contributed by atoms with van der Waals surface area (Å²) < 4.78 is 7.12. The highest BCUT2D eigenvalue weighted by atomic mass is 16.5. The molecule has 0 aliphatic rings. The van der Waals surface area contributed by atoms with E-state index in [9.17, 15) is 19.2 Å². The fraction of sp³-hybridized carbons (Fsp3) is 0.273. The van der Waals surface area contributed by atoms with Crippen LogP contribution in [0.15, 0.2) is 58.1 Å². The molecule has 1 aromatic heterocycles. The van der Waals surface area contributed by atoms with Crippen molar-refractivity contribution >= 4 is 28.5 Å². The number of anilines is 1. The van der Waals surface area contributed by atoms with Crippen molar-refractivity contribution in [3.63, 3.8) is 0 Å². The Morgan fingerprint density at radius 2 is 1.67 bits per heavy atom. The van der Waals surface area contributed by atoms with E-state index in [0.29, 0.717) is 22.2 Å². The second-order valence-electron chi connectivity index (χ2n) is 7.31. The van der Waals surface area contributed by atoms with Gasteiger partial charge in [-0.05, 0) is 42.3 Å². The third-order valence-corrected chi connectivity index (χ3v) is 4.57. The molecule has 1 heterocycles. The minimum Gasteiger partial charge on any atom is -0.465 e. The van der Waals surface area contributed by atoms with E-state index in [2.05, 4.69) is 10.1 Å². The van der Waals surface area contributed by atoms with E-state index in [4.69, 9.17) is 0 Å². The molecule has 0 aliphatic carbocycles. The Hall–Kier alpha value is -3.68. The lowest BCUT2D eigenvalue weighted by Gasteiger charge is -2.15. The summed E-state index contributed by atoms with van der Waals surface area (Å²) in [5, 5.41) is 3.09. The molecule has 0 spiro atoms. The fourth-order valence-electron chi connectivity index (χ4n) is 3.20. The molecule has 0 saturated carbocycles. The lowest BCUT2D eigenvalue weighted by atomic mass is 10.2. The molecule has 0 saturated heterocycles. The molecule has 0 fully saturated rings. The van der Waals surface area contributed by atoms with Crippen molar-refractivity contribution < 1.29 is 14.3 Å². The molecule has 0 aliphatic heterocycles.